The molecule has 0 bridgehead atoms. The number of amides is 1. The minimum absolute atomic E-state index is 0. The van der Waals surface area contributed by atoms with Crippen molar-refractivity contribution in [1.82, 2.24) is 4.90 Å². The number of nitrogens with zero attached hydrogens (tertiary/aromatic N) is 1. The molecule has 0 aromatic heterocycles. The van der Waals surface area contributed by atoms with Crippen molar-refractivity contribution < 1.29 is 4.79 Å². The first-order chi connectivity index (χ1) is 8.59. The fourth-order valence-electron chi connectivity index (χ4n) is 2.62. The summed E-state index contributed by atoms with van der Waals surface area (Å²) in [4.78, 5) is 14.5. The topological polar surface area (TPSA) is 32.3 Å². The van der Waals surface area contributed by atoms with Crippen LogP contribution in [0.25, 0.3) is 0 Å². The smallest absolute Gasteiger partial charge is 0.241 e. The molecule has 1 fully saturated rings. The van der Waals surface area contributed by atoms with E-state index in [1.165, 1.54) is 6.42 Å². The molecule has 1 aliphatic rings. The molecule has 1 aromatic rings. The average Bonchev–Trinajstić information content (AvgIpc) is 2.34. The van der Waals surface area contributed by atoms with Gasteiger partial charge in [0.1, 0.15) is 0 Å². The van der Waals surface area contributed by atoms with Crippen molar-refractivity contribution in [1.29, 1.82) is 0 Å². The maximum Gasteiger partial charge on any atom is 0.241 e. The van der Waals surface area contributed by atoms with E-state index >= 15 is 0 Å². The molecule has 0 spiro atoms. The Hall–Kier alpha value is -1.35. The van der Waals surface area contributed by atoms with E-state index in [0.717, 1.165) is 36.2 Å². The van der Waals surface area contributed by atoms with Crippen LogP contribution < -0.4 is 5.32 Å². The van der Waals surface area contributed by atoms with Crippen molar-refractivity contribution in [3.05, 3.63) is 29.3 Å². The number of piperidine rings is 1. The van der Waals surface area contributed by atoms with Gasteiger partial charge in [0.05, 0.1) is 6.04 Å². The molecule has 1 unspecified atom stereocenters. The standard InChI is InChI=1S/C15H22N2O.CH4/c1-11-7-6-8-12(2)14(11)16-15(18)13-9-4-5-10-17(13)3;/h6-8,13H,4-5,9-10H2,1-3H3,(H,16,18);1H4. The van der Waals surface area contributed by atoms with Crippen LogP contribution in [-0.4, -0.2) is 30.4 Å². The predicted molar refractivity (Wildman–Crippen MR) is 81.5 cm³/mol. The summed E-state index contributed by atoms with van der Waals surface area (Å²) in [5.41, 5.74) is 3.23. The zero-order valence-electron chi connectivity index (χ0n) is 11.5. The van der Waals surface area contributed by atoms with Crippen LogP contribution in [0.15, 0.2) is 18.2 Å². The highest BCUT2D eigenvalue weighted by Gasteiger charge is 2.26. The Morgan fingerprint density at radius 2 is 1.89 bits per heavy atom. The summed E-state index contributed by atoms with van der Waals surface area (Å²) in [6, 6.07) is 6.12. The van der Waals surface area contributed by atoms with Gasteiger partial charge >= 0.3 is 0 Å². The number of para-hydroxylation sites is 1. The zero-order chi connectivity index (χ0) is 13.1. The number of anilines is 1. The molecule has 0 radical (unpaired) electrons. The third-order valence-corrected chi connectivity index (χ3v) is 3.80. The number of benzene rings is 1. The quantitative estimate of drug-likeness (QED) is 0.886. The van der Waals surface area contributed by atoms with E-state index in [1.54, 1.807) is 0 Å². The highest BCUT2D eigenvalue weighted by atomic mass is 16.2. The number of carbonyl (C=O) groups excluding carboxylic acids is 1. The Kier molecular flexibility index (Phi) is 5.55. The van der Waals surface area contributed by atoms with Crippen molar-refractivity contribution in [2.45, 2.75) is 46.6 Å². The molecule has 1 saturated heterocycles. The molecule has 1 aliphatic heterocycles. The van der Waals surface area contributed by atoms with Gasteiger partial charge in [0, 0.05) is 5.69 Å². The molecular formula is C16H26N2O. The molecule has 3 heteroatoms. The zero-order valence-corrected chi connectivity index (χ0v) is 11.5. The van der Waals surface area contributed by atoms with Crippen molar-refractivity contribution in [3.8, 4) is 0 Å². The molecule has 2 rings (SSSR count). The summed E-state index contributed by atoms with van der Waals surface area (Å²) >= 11 is 0. The summed E-state index contributed by atoms with van der Waals surface area (Å²) in [5, 5.41) is 3.10. The summed E-state index contributed by atoms with van der Waals surface area (Å²) in [5.74, 6) is 0.134. The Bertz CT molecular complexity index is 422. The van der Waals surface area contributed by atoms with Gasteiger partial charge in [-0.25, -0.2) is 0 Å². The Balaban J connectivity index is 0.00000180. The Labute approximate surface area is 117 Å². The van der Waals surface area contributed by atoms with E-state index in [2.05, 4.69) is 10.2 Å². The highest BCUT2D eigenvalue weighted by molar-refractivity contribution is 5.96. The minimum Gasteiger partial charge on any atom is -0.324 e. The number of likely N-dealkylation sites (tertiary alicyclic amines) is 1. The van der Waals surface area contributed by atoms with Gasteiger partial charge in [0.2, 0.25) is 5.91 Å². The first kappa shape index (κ1) is 15.7. The maximum absolute atomic E-state index is 12.3. The van der Waals surface area contributed by atoms with Gasteiger partial charge in [-0.15, -0.1) is 0 Å². The fraction of sp³-hybridized carbons (Fsp3) is 0.562. The summed E-state index contributed by atoms with van der Waals surface area (Å²) < 4.78 is 0. The second-order valence-corrected chi connectivity index (χ2v) is 5.25. The molecule has 106 valence electrons. The number of aryl methyl sites for hydroxylation is 2. The Morgan fingerprint density at radius 3 is 2.47 bits per heavy atom. The van der Waals surface area contributed by atoms with Gasteiger partial charge in [-0.1, -0.05) is 32.0 Å². The van der Waals surface area contributed by atoms with Crippen molar-refractivity contribution >= 4 is 11.6 Å². The number of rotatable bonds is 2. The summed E-state index contributed by atoms with van der Waals surface area (Å²) in [6.45, 7) is 5.09. The van der Waals surface area contributed by atoms with Crippen LogP contribution in [0, 0.1) is 13.8 Å². The van der Waals surface area contributed by atoms with Crippen LogP contribution in [0.5, 0.6) is 0 Å². The first-order valence-corrected chi connectivity index (χ1v) is 6.67. The second-order valence-electron chi connectivity index (χ2n) is 5.25. The number of hydrogen-bond donors (Lipinski definition) is 1. The van der Waals surface area contributed by atoms with Crippen LogP contribution in [0.2, 0.25) is 0 Å². The van der Waals surface area contributed by atoms with E-state index in [9.17, 15) is 4.79 Å². The number of hydrogen-bond acceptors (Lipinski definition) is 2. The molecule has 3 nitrogen and oxygen atoms in total. The monoisotopic (exact) mass is 262 g/mol. The molecule has 1 aromatic carbocycles. The number of nitrogens with one attached hydrogen (secondary N) is 1. The third kappa shape index (κ3) is 3.57. The molecule has 19 heavy (non-hydrogen) atoms. The normalized spacial score (nSPS) is 19.6. The average molecular weight is 262 g/mol. The van der Waals surface area contributed by atoms with Gasteiger partial charge in [0.25, 0.3) is 0 Å². The molecule has 0 saturated carbocycles. The molecule has 1 amide bonds. The second kappa shape index (κ2) is 6.71. The highest BCUT2D eigenvalue weighted by Crippen LogP contribution is 2.22. The lowest BCUT2D eigenvalue weighted by molar-refractivity contribution is -0.121. The molecule has 1 atom stereocenters. The SMILES string of the molecule is C.Cc1cccc(C)c1NC(=O)C1CCCCN1C. The molecule has 1 N–H and O–H groups in total. The minimum atomic E-state index is 0. The van der Waals surface area contributed by atoms with Gasteiger partial charge in [-0.05, 0) is 51.4 Å². The van der Waals surface area contributed by atoms with Crippen molar-refractivity contribution in [3.63, 3.8) is 0 Å². The van der Waals surface area contributed by atoms with Crippen LogP contribution in [0.1, 0.15) is 37.8 Å². The van der Waals surface area contributed by atoms with Crippen molar-refractivity contribution in [2.75, 3.05) is 18.9 Å². The lowest BCUT2D eigenvalue weighted by Crippen LogP contribution is -2.44. The van der Waals surface area contributed by atoms with Crippen LogP contribution in [0.3, 0.4) is 0 Å². The summed E-state index contributed by atoms with van der Waals surface area (Å²) in [7, 11) is 2.04. The van der Waals surface area contributed by atoms with E-state index < -0.39 is 0 Å². The van der Waals surface area contributed by atoms with Crippen LogP contribution in [-0.2, 0) is 4.79 Å². The fourth-order valence-corrected chi connectivity index (χ4v) is 2.62. The number of carbonyl (C=O) groups is 1. The molecular weight excluding hydrogens is 236 g/mol. The maximum atomic E-state index is 12.3. The van der Waals surface area contributed by atoms with Crippen LogP contribution in [0.4, 0.5) is 5.69 Å². The Morgan fingerprint density at radius 1 is 1.26 bits per heavy atom. The molecule has 0 aliphatic carbocycles. The largest absolute Gasteiger partial charge is 0.324 e. The third-order valence-electron chi connectivity index (χ3n) is 3.80. The first-order valence-electron chi connectivity index (χ1n) is 6.67. The summed E-state index contributed by atoms with van der Waals surface area (Å²) in [6.07, 6.45) is 3.31. The lowest BCUT2D eigenvalue weighted by atomic mass is 10.0. The van der Waals surface area contributed by atoms with E-state index in [1.807, 2.05) is 39.1 Å². The van der Waals surface area contributed by atoms with Gasteiger partial charge in [0.15, 0.2) is 0 Å². The molecule has 1 heterocycles. The van der Waals surface area contributed by atoms with E-state index in [0.29, 0.717) is 0 Å². The van der Waals surface area contributed by atoms with Crippen molar-refractivity contribution in [2.24, 2.45) is 0 Å². The van der Waals surface area contributed by atoms with E-state index in [-0.39, 0.29) is 19.4 Å². The predicted octanol–water partition coefficient (Wildman–Crippen LogP) is 3.36. The van der Waals surface area contributed by atoms with Crippen LogP contribution >= 0.6 is 0 Å². The van der Waals surface area contributed by atoms with Gasteiger partial charge < -0.3 is 5.32 Å². The van der Waals surface area contributed by atoms with E-state index in [4.69, 9.17) is 0 Å². The van der Waals surface area contributed by atoms with Gasteiger partial charge in [-0.2, -0.15) is 0 Å². The van der Waals surface area contributed by atoms with Gasteiger partial charge in [-0.3, -0.25) is 9.69 Å². The number of likely N-dealkylation sites (N-methyl/N-ethyl adjacent to an activating group) is 1. The lowest BCUT2D eigenvalue weighted by Gasteiger charge is -2.31.